The van der Waals surface area contributed by atoms with Gasteiger partial charge in [-0.2, -0.15) is 5.10 Å². The Kier molecular flexibility index (Phi) is 2.82. The van der Waals surface area contributed by atoms with Gasteiger partial charge in [-0.25, -0.2) is 4.98 Å². The van der Waals surface area contributed by atoms with Crippen molar-refractivity contribution < 1.29 is 0 Å². The lowest BCUT2D eigenvalue weighted by molar-refractivity contribution is 0.369. The Balaban J connectivity index is 1.69. The first-order chi connectivity index (χ1) is 7.92. The Morgan fingerprint density at radius 1 is 1.12 bits per heavy atom. The van der Waals surface area contributed by atoms with Crippen LogP contribution < -0.4 is 5.32 Å². The molecule has 2 aliphatic rings. The fourth-order valence-electron chi connectivity index (χ4n) is 2.68. The van der Waals surface area contributed by atoms with Crippen molar-refractivity contribution in [2.75, 3.05) is 13.1 Å². The van der Waals surface area contributed by atoms with Crippen molar-refractivity contribution in [3.05, 3.63) is 17.2 Å². The molecule has 1 N–H and O–H groups in total. The molecule has 0 bridgehead atoms. The van der Waals surface area contributed by atoms with E-state index < -0.39 is 0 Å². The van der Waals surface area contributed by atoms with Gasteiger partial charge in [-0.3, -0.25) is 0 Å². The zero-order chi connectivity index (χ0) is 10.8. The van der Waals surface area contributed by atoms with Gasteiger partial charge in [0, 0.05) is 6.42 Å². The molecule has 16 heavy (non-hydrogen) atoms. The van der Waals surface area contributed by atoms with Crippen LogP contribution in [0, 0.1) is 5.92 Å². The van der Waals surface area contributed by atoms with Gasteiger partial charge < -0.3 is 5.32 Å². The zero-order valence-electron chi connectivity index (χ0n) is 9.58. The first-order valence-corrected chi connectivity index (χ1v) is 6.34. The van der Waals surface area contributed by atoms with Crippen molar-refractivity contribution in [2.45, 2.75) is 38.5 Å². The number of aryl methyl sites for hydroxylation is 2. The number of hydrogen-bond donors (Lipinski definition) is 1. The molecule has 1 aromatic heterocycles. The van der Waals surface area contributed by atoms with E-state index in [1.165, 1.54) is 31.5 Å². The molecule has 1 aromatic rings. The molecule has 0 radical (unpaired) electrons. The van der Waals surface area contributed by atoms with Crippen LogP contribution in [-0.2, 0) is 19.3 Å². The fraction of sp³-hybridized carbons (Fsp3) is 0.750. The van der Waals surface area contributed by atoms with Crippen molar-refractivity contribution in [3.8, 4) is 0 Å². The molecule has 1 saturated heterocycles. The summed E-state index contributed by atoms with van der Waals surface area (Å²) in [5.41, 5.74) is 2.33. The molecule has 1 aliphatic carbocycles. The van der Waals surface area contributed by atoms with Gasteiger partial charge in [0.05, 0.1) is 11.4 Å². The standard InChI is InChI=1S/C12H18N4/c1-4-10-11(5-1)15-16-12(14-10)7-9-3-2-6-13-8-9/h9,13H,1-8H2. The van der Waals surface area contributed by atoms with Gasteiger partial charge in [0.1, 0.15) is 0 Å². The fourth-order valence-corrected chi connectivity index (χ4v) is 2.68. The summed E-state index contributed by atoms with van der Waals surface area (Å²) in [6.45, 7) is 2.28. The van der Waals surface area contributed by atoms with E-state index in [1.807, 2.05) is 0 Å². The van der Waals surface area contributed by atoms with Crippen LogP contribution in [0.25, 0.3) is 0 Å². The molecular formula is C12H18N4. The first kappa shape index (κ1) is 10.1. The van der Waals surface area contributed by atoms with E-state index in [-0.39, 0.29) is 0 Å². The zero-order valence-corrected chi connectivity index (χ0v) is 9.58. The van der Waals surface area contributed by atoms with Gasteiger partial charge in [-0.15, -0.1) is 5.10 Å². The lowest BCUT2D eigenvalue weighted by Gasteiger charge is -2.21. The Hall–Kier alpha value is -1.03. The van der Waals surface area contributed by atoms with E-state index >= 15 is 0 Å². The van der Waals surface area contributed by atoms with E-state index in [2.05, 4.69) is 20.5 Å². The van der Waals surface area contributed by atoms with Crippen molar-refractivity contribution in [1.82, 2.24) is 20.5 Å². The highest BCUT2D eigenvalue weighted by molar-refractivity contribution is 5.15. The van der Waals surface area contributed by atoms with Gasteiger partial charge in [-0.1, -0.05) is 0 Å². The van der Waals surface area contributed by atoms with Crippen molar-refractivity contribution in [2.24, 2.45) is 5.92 Å². The third-order valence-corrected chi connectivity index (χ3v) is 3.58. The Morgan fingerprint density at radius 2 is 2.06 bits per heavy atom. The molecular weight excluding hydrogens is 200 g/mol. The maximum Gasteiger partial charge on any atom is 0.151 e. The molecule has 0 aromatic carbocycles. The number of nitrogens with one attached hydrogen (secondary N) is 1. The monoisotopic (exact) mass is 218 g/mol. The number of hydrogen-bond acceptors (Lipinski definition) is 4. The number of fused-ring (bicyclic) bond motifs is 1. The molecule has 2 heterocycles. The van der Waals surface area contributed by atoms with Gasteiger partial charge >= 0.3 is 0 Å². The van der Waals surface area contributed by atoms with Crippen LogP contribution in [0.4, 0.5) is 0 Å². The molecule has 4 heteroatoms. The van der Waals surface area contributed by atoms with Gasteiger partial charge in [0.2, 0.25) is 0 Å². The second kappa shape index (κ2) is 4.45. The minimum atomic E-state index is 0.704. The first-order valence-electron chi connectivity index (χ1n) is 6.34. The molecule has 0 amide bonds. The van der Waals surface area contributed by atoms with E-state index in [0.717, 1.165) is 37.3 Å². The quantitative estimate of drug-likeness (QED) is 0.801. The Bertz CT molecular complexity index is 371. The minimum absolute atomic E-state index is 0.704. The van der Waals surface area contributed by atoms with E-state index in [0.29, 0.717) is 5.92 Å². The predicted octanol–water partition coefficient (Wildman–Crippen LogP) is 0.902. The summed E-state index contributed by atoms with van der Waals surface area (Å²) in [6, 6.07) is 0. The average Bonchev–Trinajstić information content (AvgIpc) is 2.77. The Labute approximate surface area is 95.9 Å². The average molecular weight is 218 g/mol. The van der Waals surface area contributed by atoms with Crippen LogP contribution in [0.1, 0.15) is 36.5 Å². The van der Waals surface area contributed by atoms with Crippen LogP contribution >= 0.6 is 0 Å². The minimum Gasteiger partial charge on any atom is -0.316 e. The highest BCUT2D eigenvalue weighted by atomic mass is 15.2. The smallest absolute Gasteiger partial charge is 0.151 e. The van der Waals surface area contributed by atoms with Crippen LogP contribution in [0.5, 0.6) is 0 Å². The summed E-state index contributed by atoms with van der Waals surface area (Å²) in [7, 11) is 0. The highest BCUT2D eigenvalue weighted by Gasteiger charge is 2.18. The molecule has 0 spiro atoms. The van der Waals surface area contributed by atoms with Crippen LogP contribution in [0.3, 0.4) is 0 Å². The lowest BCUT2D eigenvalue weighted by Crippen LogP contribution is -2.31. The van der Waals surface area contributed by atoms with E-state index in [9.17, 15) is 0 Å². The second-order valence-corrected chi connectivity index (χ2v) is 4.89. The molecule has 86 valence electrons. The van der Waals surface area contributed by atoms with E-state index in [1.54, 1.807) is 0 Å². The van der Waals surface area contributed by atoms with Gasteiger partial charge in [0.25, 0.3) is 0 Å². The maximum atomic E-state index is 4.65. The van der Waals surface area contributed by atoms with Gasteiger partial charge in [-0.05, 0) is 51.1 Å². The highest BCUT2D eigenvalue weighted by Crippen LogP contribution is 2.18. The summed E-state index contributed by atoms with van der Waals surface area (Å²) in [5.74, 6) is 1.66. The third kappa shape index (κ3) is 2.07. The second-order valence-electron chi connectivity index (χ2n) is 4.89. The molecule has 0 saturated carbocycles. The van der Waals surface area contributed by atoms with Crippen LogP contribution in [0.2, 0.25) is 0 Å². The lowest BCUT2D eigenvalue weighted by atomic mass is 9.96. The summed E-state index contributed by atoms with van der Waals surface area (Å²) < 4.78 is 0. The topological polar surface area (TPSA) is 50.7 Å². The molecule has 1 aliphatic heterocycles. The van der Waals surface area contributed by atoms with Crippen molar-refractivity contribution in [1.29, 1.82) is 0 Å². The predicted molar refractivity (Wildman–Crippen MR) is 61.1 cm³/mol. The van der Waals surface area contributed by atoms with Crippen LogP contribution in [-0.4, -0.2) is 28.3 Å². The molecule has 1 fully saturated rings. The number of piperidine rings is 1. The largest absolute Gasteiger partial charge is 0.316 e. The SMILES string of the molecule is C1Cc2nnc(CC3CCCNC3)nc2C1. The van der Waals surface area contributed by atoms with Crippen molar-refractivity contribution >= 4 is 0 Å². The molecule has 4 nitrogen and oxygen atoms in total. The number of rotatable bonds is 2. The van der Waals surface area contributed by atoms with Gasteiger partial charge in [0.15, 0.2) is 5.82 Å². The van der Waals surface area contributed by atoms with Crippen molar-refractivity contribution in [3.63, 3.8) is 0 Å². The number of nitrogens with zero attached hydrogens (tertiary/aromatic N) is 3. The molecule has 1 unspecified atom stereocenters. The molecule has 1 atom stereocenters. The third-order valence-electron chi connectivity index (χ3n) is 3.58. The number of aromatic nitrogens is 3. The van der Waals surface area contributed by atoms with Crippen LogP contribution in [0.15, 0.2) is 0 Å². The normalized spacial score (nSPS) is 24.4. The molecule has 3 rings (SSSR count). The summed E-state index contributed by atoms with van der Waals surface area (Å²) in [6.07, 6.45) is 6.94. The van der Waals surface area contributed by atoms with E-state index in [4.69, 9.17) is 0 Å². The maximum absolute atomic E-state index is 4.65. The summed E-state index contributed by atoms with van der Waals surface area (Å²) >= 11 is 0. The summed E-state index contributed by atoms with van der Waals surface area (Å²) in [4.78, 5) is 4.65. The Morgan fingerprint density at radius 3 is 2.94 bits per heavy atom. The summed E-state index contributed by atoms with van der Waals surface area (Å²) in [5, 5.41) is 12.0.